The maximum absolute atomic E-state index is 13.9. The zero-order valence-electron chi connectivity index (χ0n) is 19.0. The van der Waals surface area contributed by atoms with E-state index in [9.17, 15) is 48.0 Å². The summed E-state index contributed by atoms with van der Waals surface area (Å²) in [7, 11) is -10.7. The van der Waals surface area contributed by atoms with Gasteiger partial charge in [0.2, 0.25) is 5.58 Å². The highest BCUT2D eigenvalue weighted by Gasteiger charge is 2.47. The van der Waals surface area contributed by atoms with Crippen LogP contribution in [0.15, 0.2) is 59.4 Å². The van der Waals surface area contributed by atoms with Crippen LogP contribution in [0, 0.1) is 20.5 Å². The Kier molecular flexibility index (Phi) is 7.89. The highest BCUT2D eigenvalue weighted by Crippen LogP contribution is 2.66. The quantitative estimate of drug-likeness (QED) is 0.236. The number of rotatable bonds is 11. The van der Waals surface area contributed by atoms with Gasteiger partial charge in [-0.05, 0) is 12.1 Å². The van der Waals surface area contributed by atoms with Crippen molar-refractivity contribution in [3.05, 3.63) is 77.5 Å². The van der Waals surface area contributed by atoms with Crippen LogP contribution >= 0.6 is 15.4 Å². The Balaban J connectivity index is 1.57. The fourth-order valence-electron chi connectivity index (χ4n) is 3.62. The number of aromatic nitrogens is 3. The first-order valence-corrected chi connectivity index (χ1v) is 13.5. The van der Waals surface area contributed by atoms with E-state index in [1.807, 2.05) is 4.95 Å². The summed E-state index contributed by atoms with van der Waals surface area (Å²) in [5.74, 6) is -0.721. The number of fused-ring (bicyclic) bond motifs is 1. The molecule has 208 valence electrons. The van der Waals surface area contributed by atoms with E-state index in [2.05, 4.69) is 14.0 Å². The molecular formula is C17H15FN6O13P2. The molecule has 0 amide bonds. The number of aliphatic hydroxyl groups excluding tert-OH is 2. The van der Waals surface area contributed by atoms with Crippen LogP contribution in [0.5, 0.6) is 0 Å². The predicted octanol–water partition coefficient (Wildman–Crippen LogP) is 1.51. The summed E-state index contributed by atoms with van der Waals surface area (Å²) < 4.78 is 57.8. The molecule has 1 fully saturated rings. The van der Waals surface area contributed by atoms with Crippen LogP contribution in [0.25, 0.3) is 11.0 Å². The number of halogens is 1. The zero-order chi connectivity index (χ0) is 28.5. The van der Waals surface area contributed by atoms with Crippen molar-refractivity contribution in [3.63, 3.8) is 0 Å². The third-order valence-corrected chi connectivity index (χ3v) is 8.22. The lowest BCUT2D eigenvalue weighted by Gasteiger charge is -2.18. The number of aliphatic hydroxyl groups is 2. The van der Waals surface area contributed by atoms with E-state index >= 15 is 0 Å². The van der Waals surface area contributed by atoms with Crippen LogP contribution in [-0.4, -0.2) is 49.4 Å². The van der Waals surface area contributed by atoms with Crippen molar-refractivity contribution >= 4 is 26.4 Å². The van der Waals surface area contributed by atoms with Gasteiger partial charge in [0.1, 0.15) is 24.0 Å². The molecule has 0 spiro atoms. The molecule has 3 aromatic rings. The Morgan fingerprint density at radius 1 is 1.08 bits per heavy atom. The molecule has 0 radical (unpaired) electrons. The number of hydrogen-bond donors (Lipinski definition) is 2. The average Bonchev–Trinajstić information content (AvgIpc) is 3.46. The summed E-state index contributed by atoms with van der Waals surface area (Å²) >= 11 is 0. The van der Waals surface area contributed by atoms with Crippen LogP contribution < -0.4 is 11.2 Å². The second-order valence-corrected chi connectivity index (χ2v) is 11.1. The van der Waals surface area contributed by atoms with E-state index in [0.717, 1.165) is 18.3 Å². The predicted molar refractivity (Wildman–Crippen MR) is 124 cm³/mol. The Hall–Kier alpha value is -3.64. The lowest BCUT2D eigenvalue weighted by molar-refractivity contribution is -0.0529. The molecule has 19 nitrogen and oxygen atoms in total. The van der Waals surface area contributed by atoms with Crippen LogP contribution in [-0.2, 0) is 29.2 Å². The maximum atomic E-state index is 13.9. The van der Waals surface area contributed by atoms with Gasteiger partial charge in [-0.15, -0.1) is 14.7 Å². The van der Waals surface area contributed by atoms with E-state index in [-0.39, 0.29) is 16.7 Å². The molecule has 1 unspecified atom stereocenters. The third-order valence-electron chi connectivity index (χ3n) is 5.46. The molecule has 4 rings (SSSR count). The van der Waals surface area contributed by atoms with E-state index in [0.29, 0.717) is 9.13 Å². The van der Waals surface area contributed by atoms with Gasteiger partial charge in [-0.25, -0.2) is 18.3 Å². The highest BCUT2D eigenvalue weighted by atomic mass is 31.3. The van der Waals surface area contributed by atoms with Crippen molar-refractivity contribution in [2.45, 2.75) is 31.1 Å². The average molecular weight is 592 g/mol. The summed E-state index contributed by atoms with van der Waals surface area (Å²) in [6.45, 7) is -1.55. The first-order chi connectivity index (χ1) is 18.5. The number of nitroso groups, excluding NO2 is 3. The Bertz CT molecular complexity index is 1640. The monoisotopic (exact) mass is 592 g/mol. The van der Waals surface area contributed by atoms with Gasteiger partial charge in [0.25, 0.3) is 5.56 Å². The minimum atomic E-state index is -5.34. The second kappa shape index (κ2) is 10.9. The molecule has 1 aromatic carbocycles. The van der Waals surface area contributed by atoms with Crippen molar-refractivity contribution in [1.29, 1.82) is 0 Å². The summed E-state index contributed by atoms with van der Waals surface area (Å²) in [6, 6.07) is 4.86. The standard InChI is InChI=1S/C17H15FN6O13P2/c18-9-3-1-2-8-10(19-36-15(8)9)6-24-12(25)4-5-23(17(24)28)16-14(27)13(26)11(35-16)7-34-39(33,22-31)37-38(32,20-29)21-30/h1-5,11,13-14,16,26-27H,6-7H2/t11-,13+,14+,16-,39?/m1/s1. The number of para-hydroxylation sites is 1. The largest absolute Gasteiger partial charge is 0.513 e. The highest BCUT2D eigenvalue weighted by molar-refractivity contribution is 7.67. The minimum absolute atomic E-state index is 0.0321. The van der Waals surface area contributed by atoms with Gasteiger partial charge in [0.15, 0.2) is 12.0 Å². The number of nitrogens with zero attached hydrogens (tertiary/aromatic N) is 6. The van der Waals surface area contributed by atoms with Crippen molar-refractivity contribution in [1.82, 2.24) is 14.3 Å². The molecule has 1 saturated heterocycles. The Morgan fingerprint density at radius 2 is 1.79 bits per heavy atom. The van der Waals surface area contributed by atoms with Gasteiger partial charge in [0.05, 0.1) is 13.2 Å². The molecule has 3 heterocycles. The van der Waals surface area contributed by atoms with Crippen molar-refractivity contribution in [2.75, 3.05) is 6.61 Å². The molecule has 1 aliphatic heterocycles. The summed E-state index contributed by atoms with van der Waals surface area (Å²) in [5.41, 5.74) is -2.05. The summed E-state index contributed by atoms with van der Waals surface area (Å²) in [5, 5.41) is 24.7. The topological polar surface area (TPSA) is 261 Å². The van der Waals surface area contributed by atoms with Crippen LogP contribution in [0.1, 0.15) is 11.9 Å². The van der Waals surface area contributed by atoms with E-state index in [1.54, 1.807) is 9.89 Å². The van der Waals surface area contributed by atoms with Gasteiger partial charge in [0, 0.05) is 32.5 Å². The summed E-state index contributed by atoms with van der Waals surface area (Å²) in [6.07, 6.45) is -6.12. The van der Waals surface area contributed by atoms with E-state index in [1.165, 1.54) is 12.1 Å². The molecule has 2 aromatic heterocycles. The smallest absolute Gasteiger partial charge is 0.387 e. The van der Waals surface area contributed by atoms with Crippen LogP contribution in [0.2, 0.25) is 0 Å². The first-order valence-electron chi connectivity index (χ1n) is 10.4. The fourth-order valence-corrected chi connectivity index (χ4v) is 5.65. The molecule has 0 aliphatic carbocycles. The second-order valence-electron chi connectivity index (χ2n) is 7.80. The zero-order valence-corrected chi connectivity index (χ0v) is 20.7. The minimum Gasteiger partial charge on any atom is -0.387 e. The van der Waals surface area contributed by atoms with E-state index in [4.69, 9.17) is 9.26 Å². The number of ether oxygens (including phenoxy) is 1. The third kappa shape index (κ3) is 5.44. The van der Waals surface area contributed by atoms with Gasteiger partial charge in [-0.1, -0.05) is 11.2 Å². The van der Waals surface area contributed by atoms with Crippen LogP contribution in [0.3, 0.4) is 0 Å². The van der Waals surface area contributed by atoms with E-state index < -0.39 is 70.2 Å². The lowest BCUT2D eigenvalue weighted by atomic mass is 10.1. The Morgan fingerprint density at radius 3 is 2.46 bits per heavy atom. The number of hydrogen-bond acceptors (Lipinski definition) is 14. The fraction of sp³-hybridized carbons (Fsp3) is 0.353. The van der Waals surface area contributed by atoms with Crippen molar-refractivity contribution < 1.29 is 41.8 Å². The SMILES string of the molecule is O=NP(=O)(N=O)OP(=O)(N=O)OC[C@H]1O[C@@H](n2ccc(=O)n(Cc3noc4c(F)cccc34)c2=O)[C@@H](O)[C@H]1O. The summed E-state index contributed by atoms with van der Waals surface area (Å²) in [4.78, 5) is 62.7. The molecule has 5 atom stereocenters. The molecule has 22 heteroatoms. The van der Waals surface area contributed by atoms with Gasteiger partial charge in [-0.2, -0.15) is 4.31 Å². The van der Waals surface area contributed by atoms with Crippen molar-refractivity contribution in [2.24, 2.45) is 14.8 Å². The normalized spacial score (nSPS) is 22.9. The molecule has 2 N–H and O–H groups in total. The Labute approximate surface area is 213 Å². The molecule has 0 saturated carbocycles. The molecular weight excluding hydrogens is 577 g/mol. The van der Waals surface area contributed by atoms with Crippen LogP contribution in [0.4, 0.5) is 4.39 Å². The van der Waals surface area contributed by atoms with Gasteiger partial charge in [-0.3, -0.25) is 18.5 Å². The van der Waals surface area contributed by atoms with Gasteiger partial charge < -0.3 is 19.5 Å². The molecule has 39 heavy (non-hydrogen) atoms. The first kappa shape index (κ1) is 28.4. The number of benzene rings is 1. The van der Waals surface area contributed by atoms with Gasteiger partial charge >= 0.3 is 21.1 Å². The van der Waals surface area contributed by atoms with Crippen molar-refractivity contribution in [3.8, 4) is 0 Å². The molecule has 0 bridgehead atoms. The lowest BCUT2D eigenvalue weighted by Crippen LogP contribution is -2.43. The maximum Gasteiger partial charge on any atom is 0.513 e. The molecule has 1 aliphatic rings.